The van der Waals surface area contributed by atoms with E-state index in [2.05, 4.69) is 9.97 Å². The fraction of sp³-hybridized carbons (Fsp3) is 0.692. The molecule has 0 bridgehead atoms. The molecule has 1 aromatic heterocycles. The minimum Gasteiger partial charge on any atom is -0.380 e. The molecule has 0 saturated heterocycles. The number of anilines is 1. The molecular weight excluding hydrogens is 246 g/mol. The van der Waals surface area contributed by atoms with E-state index in [1.807, 2.05) is 18.7 Å². The second-order valence-corrected chi connectivity index (χ2v) is 4.07. The van der Waals surface area contributed by atoms with Crippen LogP contribution in [0.3, 0.4) is 0 Å². The monoisotopic (exact) mass is 269 g/mol. The summed E-state index contributed by atoms with van der Waals surface area (Å²) in [4.78, 5) is 20.5. The number of nitrogens with one attached hydrogen (secondary N) is 1. The first kappa shape index (κ1) is 15.7. The second-order valence-electron chi connectivity index (χ2n) is 4.07. The lowest BCUT2D eigenvalue weighted by Crippen LogP contribution is -2.33. The van der Waals surface area contributed by atoms with Crippen LogP contribution in [0.2, 0.25) is 0 Å². The van der Waals surface area contributed by atoms with Gasteiger partial charge in [-0.25, -0.2) is 4.98 Å². The van der Waals surface area contributed by atoms with Gasteiger partial charge in [0.15, 0.2) is 0 Å². The highest BCUT2D eigenvalue weighted by molar-refractivity contribution is 5.37. The molecule has 0 aliphatic heterocycles. The van der Waals surface area contributed by atoms with E-state index in [1.54, 1.807) is 6.92 Å². The molecule has 1 rings (SSSR count). The summed E-state index contributed by atoms with van der Waals surface area (Å²) in [5, 5.41) is 0. The highest BCUT2D eigenvalue weighted by Crippen LogP contribution is 2.07. The number of aryl methyl sites for hydroxylation is 1. The number of aromatic amines is 1. The number of aromatic nitrogens is 2. The van der Waals surface area contributed by atoms with Crippen molar-refractivity contribution in [3.05, 3.63) is 22.2 Å². The van der Waals surface area contributed by atoms with Crippen LogP contribution in [0.15, 0.2) is 10.9 Å². The average molecular weight is 269 g/mol. The van der Waals surface area contributed by atoms with Crippen LogP contribution in [0.5, 0.6) is 0 Å². The largest absolute Gasteiger partial charge is 0.380 e. The van der Waals surface area contributed by atoms with Crippen LogP contribution in [0.1, 0.15) is 19.7 Å². The molecule has 1 aromatic rings. The number of rotatable bonds is 9. The van der Waals surface area contributed by atoms with Crippen LogP contribution in [0.4, 0.5) is 5.82 Å². The van der Waals surface area contributed by atoms with E-state index in [1.165, 1.54) is 6.07 Å². The highest BCUT2D eigenvalue weighted by Gasteiger charge is 2.09. The van der Waals surface area contributed by atoms with Crippen molar-refractivity contribution in [2.24, 2.45) is 0 Å². The van der Waals surface area contributed by atoms with Crippen LogP contribution in [0.25, 0.3) is 0 Å². The Morgan fingerprint density at radius 3 is 2.26 bits per heavy atom. The number of nitrogens with zero attached hydrogens (tertiary/aromatic N) is 2. The molecule has 6 nitrogen and oxygen atoms in total. The topological polar surface area (TPSA) is 67.5 Å². The molecule has 19 heavy (non-hydrogen) atoms. The Labute approximate surface area is 113 Å². The van der Waals surface area contributed by atoms with Gasteiger partial charge in [-0.15, -0.1) is 0 Å². The van der Waals surface area contributed by atoms with Gasteiger partial charge in [-0.05, 0) is 20.8 Å². The first-order valence-corrected chi connectivity index (χ1v) is 6.65. The molecule has 0 aromatic carbocycles. The van der Waals surface area contributed by atoms with Crippen molar-refractivity contribution in [3.63, 3.8) is 0 Å². The molecule has 0 amide bonds. The first-order valence-electron chi connectivity index (χ1n) is 6.65. The molecule has 1 heterocycles. The van der Waals surface area contributed by atoms with Crippen LogP contribution in [-0.2, 0) is 9.47 Å². The van der Waals surface area contributed by atoms with Gasteiger partial charge in [-0.3, -0.25) is 4.79 Å². The summed E-state index contributed by atoms with van der Waals surface area (Å²) in [6, 6.07) is 1.50. The number of hydrogen-bond acceptors (Lipinski definition) is 5. The maximum atomic E-state index is 11.5. The minimum absolute atomic E-state index is 0.139. The van der Waals surface area contributed by atoms with Gasteiger partial charge >= 0.3 is 0 Å². The van der Waals surface area contributed by atoms with Gasteiger partial charge in [-0.2, -0.15) is 0 Å². The fourth-order valence-corrected chi connectivity index (χ4v) is 1.70. The van der Waals surface area contributed by atoms with Crippen LogP contribution >= 0.6 is 0 Å². The summed E-state index contributed by atoms with van der Waals surface area (Å²) >= 11 is 0. The van der Waals surface area contributed by atoms with Crippen LogP contribution in [-0.4, -0.2) is 49.5 Å². The van der Waals surface area contributed by atoms with E-state index >= 15 is 0 Å². The predicted molar refractivity (Wildman–Crippen MR) is 74.8 cm³/mol. The molecule has 0 spiro atoms. The van der Waals surface area contributed by atoms with Crippen molar-refractivity contribution in [3.8, 4) is 0 Å². The van der Waals surface area contributed by atoms with Gasteiger partial charge in [0, 0.05) is 32.4 Å². The summed E-state index contributed by atoms with van der Waals surface area (Å²) < 4.78 is 10.7. The van der Waals surface area contributed by atoms with Gasteiger partial charge < -0.3 is 19.4 Å². The molecule has 0 aliphatic rings. The summed E-state index contributed by atoms with van der Waals surface area (Å²) in [5.74, 6) is 1.28. The van der Waals surface area contributed by atoms with Crippen LogP contribution < -0.4 is 10.5 Å². The van der Waals surface area contributed by atoms with Gasteiger partial charge in [0.1, 0.15) is 11.6 Å². The standard InChI is InChI=1S/C13H23N3O3/c1-4-18-8-6-16(7-9-19-5-2)12-10-13(17)15-11(3)14-12/h10H,4-9H2,1-3H3,(H,14,15,17). The summed E-state index contributed by atoms with van der Waals surface area (Å²) in [5.41, 5.74) is -0.139. The van der Waals surface area contributed by atoms with Crippen LogP contribution in [0, 0.1) is 6.92 Å². The zero-order chi connectivity index (χ0) is 14.1. The zero-order valence-corrected chi connectivity index (χ0v) is 11.9. The maximum absolute atomic E-state index is 11.5. The molecule has 0 fully saturated rings. The molecule has 0 radical (unpaired) electrons. The maximum Gasteiger partial charge on any atom is 0.252 e. The second kappa shape index (κ2) is 8.66. The Hall–Kier alpha value is -1.40. The van der Waals surface area contributed by atoms with Crippen molar-refractivity contribution < 1.29 is 9.47 Å². The van der Waals surface area contributed by atoms with Crippen molar-refractivity contribution in [1.82, 2.24) is 9.97 Å². The molecule has 0 unspecified atom stereocenters. The highest BCUT2D eigenvalue weighted by atomic mass is 16.5. The van der Waals surface area contributed by atoms with E-state index in [-0.39, 0.29) is 5.56 Å². The lowest BCUT2D eigenvalue weighted by molar-refractivity contribution is 0.141. The molecule has 108 valence electrons. The van der Waals surface area contributed by atoms with Gasteiger partial charge in [-0.1, -0.05) is 0 Å². The van der Waals surface area contributed by atoms with E-state index in [0.717, 1.165) is 0 Å². The Balaban J connectivity index is 2.72. The third kappa shape index (κ3) is 5.85. The van der Waals surface area contributed by atoms with E-state index in [0.29, 0.717) is 51.2 Å². The zero-order valence-electron chi connectivity index (χ0n) is 11.9. The Morgan fingerprint density at radius 1 is 1.21 bits per heavy atom. The first-order chi connectivity index (χ1) is 9.17. The number of H-pyrrole nitrogens is 1. The Kier molecular flexibility index (Phi) is 7.14. The molecular formula is C13H23N3O3. The normalized spacial score (nSPS) is 10.7. The van der Waals surface area contributed by atoms with Crippen molar-refractivity contribution in [2.75, 3.05) is 44.4 Å². The van der Waals surface area contributed by atoms with E-state index < -0.39 is 0 Å². The van der Waals surface area contributed by atoms with Crippen molar-refractivity contribution in [2.45, 2.75) is 20.8 Å². The summed E-state index contributed by atoms with van der Waals surface area (Å²) in [6.07, 6.45) is 0. The predicted octanol–water partition coefficient (Wildman–Crippen LogP) is 0.958. The van der Waals surface area contributed by atoms with Gasteiger partial charge in [0.25, 0.3) is 5.56 Å². The molecule has 6 heteroatoms. The molecule has 0 atom stereocenters. The van der Waals surface area contributed by atoms with Crippen molar-refractivity contribution >= 4 is 5.82 Å². The number of ether oxygens (including phenoxy) is 2. The minimum atomic E-state index is -0.139. The molecule has 1 N–H and O–H groups in total. The van der Waals surface area contributed by atoms with Crippen molar-refractivity contribution in [1.29, 1.82) is 0 Å². The Morgan fingerprint density at radius 2 is 1.79 bits per heavy atom. The number of hydrogen-bond donors (Lipinski definition) is 1. The van der Waals surface area contributed by atoms with Gasteiger partial charge in [0.05, 0.1) is 13.2 Å². The molecule has 0 aliphatic carbocycles. The smallest absolute Gasteiger partial charge is 0.252 e. The summed E-state index contributed by atoms with van der Waals surface area (Å²) in [7, 11) is 0. The quantitative estimate of drug-likeness (QED) is 0.676. The lowest BCUT2D eigenvalue weighted by Gasteiger charge is -2.23. The van der Waals surface area contributed by atoms with E-state index in [4.69, 9.17) is 9.47 Å². The fourth-order valence-electron chi connectivity index (χ4n) is 1.70. The third-order valence-corrected chi connectivity index (χ3v) is 2.59. The van der Waals surface area contributed by atoms with E-state index in [9.17, 15) is 4.79 Å². The third-order valence-electron chi connectivity index (χ3n) is 2.59. The Bertz CT molecular complexity index is 410. The molecule has 0 saturated carbocycles. The SMILES string of the molecule is CCOCCN(CCOCC)c1cc(=O)[nH]c(C)n1. The average Bonchev–Trinajstić information content (AvgIpc) is 2.36. The lowest BCUT2D eigenvalue weighted by atomic mass is 10.4. The summed E-state index contributed by atoms with van der Waals surface area (Å²) in [6.45, 7) is 9.65. The van der Waals surface area contributed by atoms with Gasteiger partial charge in [0.2, 0.25) is 0 Å².